The zero-order valence-electron chi connectivity index (χ0n) is 11.3. The quantitative estimate of drug-likeness (QED) is 0.653. The van der Waals surface area contributed by atoms with E-state index in [1.54, 1.807) is 12.1 Å². The molecule has 0 amide bonds. The van der Waals surface area contributed by atoms with Crippen LogP contribution in [0.1, 0.15) is 6.92 Å². The van der Waals surface area contributed by atoms with Gasteiger partial charge in [-0.3, -0.25) is 4.72 Å². The smallest absolute Gasteiger partial charge is 0.264 e. The molecule has 0 aromatic heterocycles. The summed E-state index contributed by atoms with van der Waals surface area (Å²) in [6.07, 6.45) is 0. The van der Waals surface area contributed by atoms with Gasteiger partial charge in [0.15, 0.2) is 0 Å². The van der Waals surface area contributed by atoms with Crippen molar-refractivity contribution in [3.63, 3.8) is 0 Å². The van der Waals surface area contributed by atoms with Crippen LogP contribution in [0, 0.1) is 5.82 Å². The van der Waals surface area contributed by atoms with Crippen LogP contribution >= 0.6 is 11.8 Å². The second-order valence-corrected chi connectivity index (χ2v) is 7.17. The summed E-state index contributed by atoms with van der Waals surface area (Å²) >= 11 is 1.51. The fraction of sp³-hybridized carbons (Fsp3) is 0.143. The Morgan fingerprint density at radius 3 is 2.67 bits per heavy atom. The van der Waals surface area contributed by atoms with E-state index in [1.807, 2.05) is 19.1 Å². The lowest BCUT2D eigenvalue weighted by Crippen LogP contribution is -2.15. The van der Waals surface area contributed by atoms with Crippen LogP contribution in [0.4, 0.5) is 15.8 Å². The summed E-state index contributed by atoms with van der Waals surface area (Å²) in [5, 5.41) is 0. The van der Waals surface area contributed by atoms with Gasteiger partial charge in [-0.2, -0.15) is 0 Å². The first-order valence-corrected chi connectivity index (χ1v) is 8.70. The van der Waals surface area contributed by atoms with Crippen LogP contribution in [0.15, 0.2) is 52.3 Å². The van der Waals surface area contributed by atoms with Crippen molar-refractivity contribution < 1.29 is 12.8 Å². The molecule has 21 heavy (non-hydrogen) atoms. The monoisotopic (exact) mass is 326 g/mol. The molecule has 0 saturated carbocycles. The third-order valence-electron chi connectivity index (χ3n) is 2.70. The van der Waals surface area contributed by atoms with Crippen molar-refractivity contribution in [3.05, 3.63) is 48.3 Å². The Kier molecular flexibility index (Phi) is 4.74. The molecule has 2 aromatic rings. The normalized spacial score (nSPS) is 11.3. The molecule has 112 valence electrons. The topological polar surface area (TPSA) is 72.2 Å². The molecular weight excluding hydrogens is 311 g/mol. The van der Waals surface area contributed by atoms with Gasteiger partial charge in [0.1, 0.15) is 10.7 Å². The van der Waals surface area contributed by atoms with Gasteiger partial charge in [-0.05, 0) is 36.1 Å². The van der Waals surface area contributed by atoms with E-state index >= 15 is 0 Å². The molecule has 0 radical (unpaired) electrons. The predicted molar refractivity (Wildman–Crippen MR) is 84.5 cm³/mol. The first kappa shape index (κ1) is 15.7. The Morgan fingerprint density at radius 2 is 1.95 bits per heavy atom. The third-order valence-corrected chi connectivity index (χ3v) is 5.07. The number of benzene rings is 2. The number of hydrogen-bond donors (Lipinski definition) is 2. The minimum atomic E-state index is -3.94. The molecule has 0 spiro atoms. The molecule has 0 aliphatic carbocycles. The molecule has 2 aromatic carbocycles. The Morgan fingerprint density at radius 1 is 1.24 bits per heavy atom. The second kappa shape index (κ2) is 6.36. The lowest BCUT2D eigenvalue weighted by atomic mass is 10.3. The molecule has 0 saturated heterocycles. The van der Waals surface area contributed by atoms with Crippen LogP contribution in [0.3, 0.4) is 0 Å². The van der Waals surface area contributed by atoms with Gasteiger partial charge >= 0.3 is 0 Å². The van der Waals surface area contributed by atoms with E-state index in [2.05, 4.69) is 4.72 Å². The van der Waals surface area contributed by atoms with Gasteiger partial charge in [-0.25, -0.2) is 12.8 Å². The molecule has 0 bridgehead atoms. The van der Waals surface area contributed by atoms with Crippen LogP contribution in [0.2, 0.25) is 0 Å². The van der Waals surface area contributed by atoms with Crippen molar-refractivity contribution >= 4 is 33.2 Å². The standard InChI is InChI=1S/C14H15FN2O2S2/c1-2-20-13-6-4-3-5-12(13)17-21(18,19)14-9-10(15)7-8-11(14)16/h3-9,17H,2,16H2,1H3. The molecule has 0 aliphatic heterocycles. The lowest BCUT2D eigenvalue weighted by molar-refractivity contribution is 0.596. The minimum Gasteiger partial charge on any atom is -0.398 e. The van der Waals surface area contributed by atoms with Gasteiger partial charge < -0.3 is 5.73 Å². The zero-order valence-corrected chi connectivity index (χ0v) is 13.0. The summed E-state index contributed by atoms with van der Waals surface area (Å²) in [5.74, 6) is 0.154. The van der Waals surface area contributed by atoms with Gasteiger partial charge in [0.25, 0.3) is 10.0 Å². The van der Waals surface area contributed by atoms with Crippen LogP contribution in [0.25, 0.3) is 0 Å². The molecule has 0 atom stereocenters. The van der Waals surface area contributed by atoms with E-state index in [4.69, 9.17) is 5.73 Å². The van der Waals surface area contributed by atoms with Crippen molar-refractivity contribution in [2.24, 2.45) is 0 Å². The Hall–Kier alpha value is -1.73. The maximum atomic E-state index is 13.3. The number of hydrogen-bond acceptors (Lipinski definition) is 4. The van der Waals surface area contributed by atoms with Crippen LogP contribution in [0.5, 0.6) is 0 Å². The van der Waals surface area contributed by atoms with Crippen LogP contribution < -0.4 is 10.5 Å². The SMILES string of the molecule is CCSc1ccccc1NS(=O)(=O)c1cc(F)ccc1N. The van der Waals surface area contributed by atoms with Gasteiger partial charge in [-0.1, -0.05) is 19.1 Å². The number of sulfonamides is 1. The summed E-state index contributed by atoms with van der Waals surface area (Å²) in [5.41, 5.74) is 6.09. The highest BCUT2D eigenvalue weighted by Gasteiger charge is 2.19. The van der Waals surface area contributed by atoms with E-state index in [0.29, 0.717) is 5.69 Å². The van der Waals surface area contributed by atoms with E-state index in [0.717, 1.165) is 22.8 Å². The van der Waals surface area contributed by atoms with Gasteiger partial charge in [0.2, 0.25) is 0 Å². The summed E-state index contributed by atoms with van der Waals surface area (Å²) in [4.78, 5) is 0.539. The van der Waals surface area contributed by atoms with Crippen molar-refractivity contribution in [2.75, 3.05) is 16.2 Å². The number of rotatable bonds is 5. The Bertz CT molecular complexity index is 748. The zero-order chi connectivity index (χ0) is 15.5. The largest absolute Gasteiger partial charge is 0.398 e. The number of nitrogens with one attached hydrogen (secondary N) is 1. The predicted octanol–water partition coefficient (Wildman–Crippen LogP) is 3.32. The van der Waals surface area contributed by atoms with Gasteiger partial charge in [0.05, 0.1) is 11.4 Å². The first-order valence-electron chi connectivity index (χ1n) is 6.23. The highest BCUT2D eigenvalue weighted by atomic mass is 32.2. The van der Waals surface area contributed by atoms with E-state index in [9.17, 15) is 12.8 Å². The molecule has 4 nitrogen and oxygen atoms in total. The highest BCUT2D eigenvalue weighted by Crippen LogP contribution is 2.29. The van der Waals surface area contributed by atoms with Crippen LogP contribution in [-0.4, -0.2) is 14.2 Å². The van der Waals surface area contributed by atoms with Crippen LogP contribution in [-0.2, 0) is 10.0 Å². The Labute approximate surface area is 127 Å². The van der Waals surface area contributed by atoms with Crippen molar-refractivity contribution in [1.82, 2.24) is 0 Å². The molecule has 3 N–H and O–H groups in total. The maximum absolute atomic E-state index is 13.3. The molecule has 2 rings (SSSR count). The number of nitrogens with two attached hydrogens (primary N) is 1. The maximum Gasteiger partial charge on any atom is 0.264 e. The molecule has 0 heterocycles. The number of para-hydroxylation sites is 1. The van der Waals surface area contributed by atoms with Crippen molar-refractivity contribution in [3.8, 4) is 0 Å². The van der Waals surface area contributed by atoms with Gasteiger partial charge in [0, 0.05) is 4.90 Å². The number of nitrogen functional groups attached to an aromatic ring is 1. The fourth-order valence-corrected chi connectivity index (χ4v) is 3.82. The average molecular weight is 326 g/mol. The van der Waals surface area contributed by atoms with E-state index in [1.165, 1.54) is 17.8 Å². The summed E-state index contributed by atoms with van der Waals surface area (Å²) < 4.78 is 40.5. The molecule has 0 aliphatic rings. The number of thioether (sulfide) groups is 1. The fourth-order valence-electron chi connectivity index (χ4n) is 1.77. The molecule has 0 unspecified atom stereocenters. The average Bonchev–Trinajstić information content (AvgIpc) is 2.43. The van der Waals surface area contributed by atoms with E-state index < -0.39 is 15.8 Å². The molecule has 0 fully saturated rings. The number of halogens is 1. The number of anilines is 2. The second-order valence-electron chi connectivity index (χ2n) is 4.22. The summed E-state index contributed by atoms with van der Waals surface area (Å²) in [6.45, 7) is 1.97. The van der Waals surface area contributed by atoms with E-state index in [-0.39, 0.29) is 10.6 Å². The third kappa shape index (κ3) is 3.68. The first-order chi connectivity index (χ1) is 9.94. The Balaban J connectivity index is 2.40. The van der Waals surface area contributed by atoms with Crippen molar-refractivity contribution in [1.29, 1.82) is 0 Å². The molecular formula is C14H15FN2O2S2. The van der Waals surface area contributed by atoms with Gasteiger partial charge in [-0.15, -0.1) is 11.8 Å². The highest BCUT2D eigenvalue weighted by molar-refractivity contribution is 7.99. The summed E-state index contributed by atoms with van der Waals surface area (Å²) in [6, 6.07) is 10.3. The summed E-state index contributed by atoms with van der Waals surface area (Å²) in [7, 11) is -3.94. The lowest BCUT2D eigenvalue weighted by Gasteiger charge is -2.13. The molecule has 7 heteroatoms. The van der Waals surface area contributed by atoms with Crippen molar-refractivity contribution in [2.45, 2.75) is 16.7 Å². The minimum absolute atomic E-state index is 0.00419.